The van der Waals surface area contributed by atoms with Crippen LogP contribution in [0, 0.1) is 0 Å². The number of nitrogens with one attached hydrogen (secondary N) is 3. The predicted molar refractivity (Wildman–Crippen MR) is 107 cm³/mol. The molecular formula is C21H25N3O4. The first-order valence-corrected chi connectivity index (χ1v) is 9.32. The van der Waals surface area contributed by atoms with Gasteiger partial charge in [-0.25, -0.2) is 0 Å². The van der Waals surface area contributed by atoms with E-state index in [2.05, 4.69) is 16.0 Å². The minimum atomic E-state index is -0.279. The molecule has 1 unspecified atom stereocenters. The summed E-state index contributed by atoms with van der Waals surface area (Å²) in [5.41, 5.74) is 1.20. The lowest BCUT2D eigenvalue weighted by Gasteiger charge is -2.12. The highest BCUT2D eigenvalue weighted by molar-refractivity contribution is 5.94. The molecule has 0 aromatic heterocycles. The summed E-state index contributed by atoms with van der Waals surface area (Å²) < 4.78 is 10.6. The van der Waals surface area contributed by atoms with Gasteiger partial charge in [-0.1, -0.05) is 6.07 Å². The third-order valence-electron chi connectivity index (χ3n) is 4.51. The SMILES string of the molecule is COc1cccc(NC(=O)COc2ccc(C(=O)NCC3CCCN3)cc2)c1. The molecule has 1 heterocycles. The van der Waals surface area contributed by atoms with Gasteiger partial charge in [-0.2, -0.15) is 0 Å². The van der Waals surface area contributed by atoms with E-state index in [1.54, 1.807) is 55.6 Å². The van der Waals surface area contributed by atoms with E-state index in [-0.39, 0.29) is 18.4 Å². The van der Waals surface area contributed by atoms with Crippen LogP contribution in [-0.4, -0.2) is 44.7 Å². The van der Waals surface area contributed by atoms with Gasteiger partial charge in [0.05, 0.1) is 7.11 Å². The highest BCUT2D eigenvalue weighted by Gasteiger charge is 2.15. The van der Waals surface area contributed by atoms with E-state index >= 15 is 0 Å². The molecule has 0 aliphatic carbocycles. The second kappa shape index (κ2) is 9.75. The third kappa shape index (κ3) is 5.72. The predicted octanol–water partition coefficient (Wildman–Crippen LogP) is 2.19. The van der Waals surface area contributed by atoms with Crippen LogP contribution in [0.25, 0.3) is 0 Å². The summed E-state index contributed by atoms with van der Waals surface area (Å²) in [5, 5.41) is 9.02. The van der Waals surface area contributed by atoms with E-state index in [1.165, 1.54) is 0 Å². The minimum absolute atomic E-state index is 0.115. The fraction of sp³-hybridized carbons (Fsp3) is 0.333. The minimum Gasteiger partial charge on any atom is -0.497 e. The first kappa shape index (κ1) is 19.7. The molecule has 0 saturated carbocycles. The Hall–Kier alpha value is -3.06. The Morgan fingerprint density at radius 1 is 1.14 bits per heavy atom. The monoisotopic (exact) mass is 383 g/mol. The van der Waals surface area contributed by atoms with Gasteiger partial charge in [0, 0.05) is 29.9 Å². The zero-order valence-corrected chi connectivity index (χ0v) is 15.9. The molecule has 3 N–H and O–H groups in total. The van der Waals surface area contributed by atoms with Crippen molar-refractivity contribution < 1.29 is 19.1 Å². The van der Waals surface area contributed by atoms with E-state index in [1.807, 2.05) is 0 Å². The van der Waals surface area contributed by atoms with Crippen molar-refractivity contribution in [3.8, 4) is 11.5 Å². The van der Waals surface area contributed by atoms with E-state index in [4.69, 9.17) is 9.47 Å². The number of hydrogen-bond donors (Lipinski definition) is 3. The lowest BCUT2D eigenvalue weighted by atomic mass is 10.2. The molecule has 2 aromatic rings. The van der Waals surface area contributed by atoms with Gasteiger partial charge >= 0.3 is 0 Å². The van der Waals surface area contributed by atoms with Gasteiger partial charge in [0.25, 0.3) is 11.8 Å². The van der Waals surface area contributed by atoms with Crippen LogP contribution in [0.2, 0.25) is 0 Å². The molecule has 1 aliphatic heterocycles. The van der Waals surface area contributed by atoms with Crippen LogP contribution in [0.3, 0.4) is 0 Å². The molecule has 1 fully saturated rings. The number of benzene rings is 2. The molecule has 7 nitrogen and oxygen atoms in total. The van der Waals surface area contributed by atoms with Crippen molar-refractivity contribution in [2.75, 3.05) is 32.1 Å². The summed E-state index contributed by atoms with van der Waals surface area (Å²) in [6, 6.07) is 14.2. The van der Waals surface area contributed by atoms with Crippen molar-refractivity contribution in [3.63, 3.8) is 0 Å². The van der Waals surface area contributed by atoms with Crippen LogP contribution >= 0.6 is 0 Å². The van der Waals surface area contributed by atoms with Gasteiger partial charge < -0.3 is 25.4 Å². The fourth-order valence-corrected chi connectivity index (χ4v) is 3.00. The average Bonchev–Trinajstić information content (AvgIpc) is 3.24. The Balaban J connectivity index is 1.44. The van der Waals surface area contributed by atoms with Crippen LogP contribution in [0.4, 0.5) is 5.69 Å². The average molecular weight is 383 g/mol. The second-order valence-electron chi connectivity index (χ2n) is 6.60. The highest BCUT2D eigenvalue weighted by Crippen LogP contribution is 2.17. The van der Waals surface area contributed by atoms with Crippen LogP contribution < -0.4 is 25.4 Å². The Labute approximate surface area is 164 Å². The fourth-order valence-electron chi connectivity index (χ4n) is 3.00. The first-order valence-electron chi connectivity index (χ1n) is 9.32. The van der Waals surface area contributed by atoms with Gasteiger partial charge in [0.15, 0.2) is 6.61 Å². The number of carbonyl (C=O) groups is 2. The number of hydrogen-bond acceptors (Lipinski definition) is 5. The molecule has 2 aromatic carbocycles. The molecule has 0 bridgehead atoms. The molecule has 2 amide bonds. The largest absolute Gasteiger partial charge is 0.497 e. The summed E-state index contributed by atoms with van der Waals surface area (Å²) >= 11 is 0. The maximum Gasteiger partial charge on any atom is 0.262 e. The Morgan fingerprint density at radius 3 is 2.68 bits per heavy atom. The topological polar surface area (TPSA) is 88.7 Å². The third-order valence-corrected chi connectivity index (χ3v) is 4.51. The van der Waals surface area contributed by atoms with Crippen molar-refractivity contribution in [3.05, 3.63) is 54.1 Å². The van der Waals surface area contributed by atoms with Crippen molar-refractivity contribution >= 4 is 17.5 Å². The molecule has 0 spiro atoms. The summed E-state index contributed by atoms with van der Waals surface area (Å²) in [4.78, 5) is 24.2. The molecule has 1 aliphatic rings. The number of methoxy groups -OCH3 is 1. The van der Waals surface area contributed by atoms with Crippen LogP contribution in [-0.2, 0) is 4.79 Å². The van der Waals surface area contributed by atoms with Gasteiger partial charge in [-0.3, -0.25) is 9.59 Å². The molecule has 28 heavy (non-hydrogen) atoms. The smallest absolute Gasteiger partial charge is 0.262 e. The molecule has 3 rings (SSSR count). The second-order valence-corrected chi connectivity index (χ2v) is 6.60. The molecule has 7 heteroatoms. The zero-order valence-electron chi connectivity index (χ0n) is 15.9. The maximum absolute atomic E-state index is 12.2. The van der Waals surface area contributed by atoms with E-state index in [0.717, 1.165) is 19.4 Å². The summed E-state index contributed by atoms with van der Waals surface area (Å²) in [5.74, 6) is 0.793. The van der Waals surface area contributed by atoms with Crippen LogP contribution in [0.15, 0.2) is 48.5 Å². The number of carbonyl (C=O) groups excluding carboxylic acids is 2. The first-order chi connectivity index (χ1) is 13.6. The van der Waals surface area contributed by atoms with Gasteiger partial charge in [-0.05, 0) is 55.8 Å². The Kier molecular flexibility index (Phi) is 6.86. The van der Waals surface area contributed by atoms with Gasteiger partial charge in [-0.15, -0.1) is 0 Å². The van der Waals surface area contributed by atoms with Crippen LogP contribution in [0.5, 0.6) is 11.5 Å². The molecule has 1 saturated heterocycles. The van der Waals surface area contributed by atoms with E-state index in [0.29, 0.717) is 35.3 Å². The maximum atomic E-state index is 12.2. The quantitative estimate of drug-likeness (QED) is 0.650. The molecule has 1 atom stereocenters. The number of ether oxygens (including phenoxy) is 2. The number of amides is 2. The molecular weight excluding hydrogens is 358 g/mol. The zero-order chi connectivity index (χ0) is 19.8. The number of rotatable bonds is 8. The number of anilines is 1. The van der Waals surface area contributed by atoms with E-state index < -0.39 is 0 Å². The Bertz CT molecular complexity index is 802. The normalized spacial score (nSPS) is 15.7. The Morgan fingerprint density at radius 2 is 1.96 bits per heavy atom. The van der Waals surface area contributed by atoms with Gasteiger partial charge in [0.2, 0.25) is 0 Å². The van der Waals surface area contributed by atoms with Crippen molar-refractivity contribution in [1.82, 2.24) is 10.6 Å². The standard InChI is InChI=1S/C21H25N3O4/c1-27-19-6-2-4-16(12-19)24-20(25)14-28-18-9-7-15(8-10-18)21(26)23-13-17-5-3-11-22-17/h2,4,6-10,12,17,22H,3,5,11,13-14H2,1H3,(H,23,26)(H,24,25). The van der Waals surface area contributed by atoms with Gasteiger partial charge in [0.1, 0.15) is 11.5 Å². The van der Waals surface area contributed by atoms with Crippen LogP contribution in [0.1, 0.15) is 23.2 Å². The van der Waals surface area contributed by atoms with Crippen molar-refractivity contribution in [2.24, 2.45) is 0 Å². The lowest BCUT2D eigenvalue weighted by Crippen LogP contribution is -2.37. The van der Waals surface area contributed by atoms with Crippen molar-refractivity contribution in [2.45, 2.75) is 18.9 Å². The highest BCUT2D eigenvalue weighted by atomic mass is 16.5. The van der Waals surface area contributed by atoms with E-state index in [9.17, 15) is 9.59 Å². The van der Waals surface area contributed by atoms with Crippen molar-refractivity contribution in [1.29, 1.82) is 0 Å². The lowest BCUT2D eigenvalue weighted by molar-refractivity contribution is -0.118. The summed E-state index contributed by atoms with van der Waals surface area (Å²) in [7, 11) is 1.57. The molecule has 0 radical (unpaired) electrons. The summed E-state index contributed by atoms with van der Waals surface area (Å²) in [6.07, 6.45) is 2.24. The summed E-state index contributed by atoms with van der Waals surface area (Å²) in [6.45, 7) is 1.51. The molecule has 148 valence electrons.